The lowest BCUT2D eigenvalue weighted by Gasteiger charge is -2.31. The lowest BCUT2D eigenvalue weighted by Crippen LogP contribution is -2.48. The van der Waals surface area contributed by atoms with Crippen LogP contribution in [-0.2, 0) is 11.3 Å². The maximum Gasteiger partial charge on any atom is 0.236 e. The number of hydrogen-bond acceptors (Lipinski definition) is 3. The molecule has 20 heavy (non-hydrogen) atoms. The summed E-state index contributed by atoms with van der Waals surface area (Å²) in [4.78, 5) is 14.2. The second kappa shape index (κ2) is 6.41. The Hall–Kier alpha value is -2.04. The summed E-state index contributed by atoms with van der Waals surface area (Å²) in [5, 5.41) is 11.9. The van der Waals surface area contributed by atoms with E-state index in [1.807, 2.05) is 38.1 Å². The topological polar surface area (TPSA) is 78.9 Å². The lowest BCUT2D eigenvalue weighted by molar-refractivity contribution is -0.137. The van der Waals surface area contributed by atoms with Gasteiger partial charge in [0.1, 0.15) is 5.41 Å². The van der Waals surface area contributed by atoms with Crippen LogP contribution < -0.4 is 5.73 Å². The van der Waals surface area contributed by atoms with E-state index in [2.05, 4.69) is 5.16 Å². The van der Waals surface area contributed by atoms with Gasteiger partial charge in [-0.25, -0.2) is 0 Å². The molecule has 0 aliphatic heterocycles. The molecular weight excluding hydrogens is 254 g/mol. The van der Waals surface area contributed by atoms with Crippen LogP contribution in [0, 0.1) is 12.3 Å². The Morgan fingerprint density at radius 2 is 2.05 bits per heavy atom. The maximum absolute atomic E-state index is 12.6. The third-order valence-corrected chi connectivity index (χ3v) is 3.87. The van der Waals surface area contributed by atoms with E-state index in [1.165, 1.54) is 0 Å². The van der Waals surface area contributed by atoms with Crippen LogP contribution in [0.3, 0.4) is 0 Å². The minimum Gasteiger partial charge on any atom is -0.409 e. The monoisotopic (exact) mass is 277 g/mol. The van der Waals surface area contributed by atoms with Gasteiger partial charge in [0.15, 0.2) is 5.84 Å². The maximum atomic E-state index is 12.6. The normalized spacial score (nSPS) is 14.7. The predicted octanol–water partition coefficient (Wildman–Crippen LogP) is 2.12. The Morgan fingerprint density at radius 1 is 1.45 bits per heavy atom. The summed E-state index contributed by atoms with van der Waals surface area (Å²) < 4.78 is 0. The number of benzene rings is 1. The predicted molar refractivity (Wildman–Crippen MR) is 79.5 cm³/mol. The highest BCUT2D eigenvalue weighted by molar-refractivity contribution is 6.06. The van der Waals surface area contributed by atoms with Crippen molar-refractivity contribution in [3.63, 3.8) is 0 Å². The lowest BCUT2D eigenvalue weighted by atomic mass is 9.84. The van der Waals surface area contributed by atoms with Gasteiger partial charge in [0.2, 0.25) is 5.91 Å². The second-order valence-electron chi connectivity index (χ2n) is 5.26. The fourth-order valence-electron chi connectivity index (χ4n) is 2.09. The average molecular weight is 277 g/mol. The van der Waals surface area contributed by atoms with Crippen molar-refractivity contribution in [2.75, 3.05) is 7.05 Å². The Kier molecular flexibility index (Phi) is 5.13. The quantitative estimate of drug-likeness (QED) is 0.374. The van der Waals surface area contributed by atoms with E-state index in [9.17, 15) is 4.79 Å². The summed E-state index contributed by atoms with van der Waals surface area (Å²) in [5.74, 6) is -0.208. The van der Waals surface area contributed by atoms with Crippen molar-refractivity contribution in [2.45, 2.75) is 33.7 Å². The van der Waals surface area contributed by atoms with Gasteiger partial charge < -0.3 is 15.8 Å². The highest BCUT2D eigenvalue weighted by Gasteiger charge is 2.38. The van der Waals surface area contributed by atoms with Crippen molar-refractivity contribution in [3.05, 3.63) is 35.4 Å². The molecule has 3 N–H and O–H groups in total. The number of amides is 1. The van der Waals surface area contributed by atoms with Gasteiger partial charge in [-0.3, -0.25) is 4.79 Å². The first-order valence-electron chi connectivity index (χ1n) is 6.65. The minimum absolute atomic E-state index is 0.0540. The summed E-state index contributed by atoms with van der Waals surface area (Å²) in [5.41, 5.74) is 6.91. The number of carbonyl (C=O) groups excluding carboxylic acids is 1. The first kappa shape index (κ1) is 16.0. The Morgan fingerprint density at radius 3 is 2.55 bits per heavy atom. The molecule has 0 aromatic heterocycles. The van der Waals surface area contributed by atoms with E-state index in [1.54, 1.807) is 18.9 Å². The van der Waals surface area contributed by atoms with Crippen molar-refractivity contribution in [1.82, 2.24) is 4.90 Å². The van der Waals surface area contributed by atoms with E-state index >= 15 is 0 Å². The second-order valence-corrected chi connectivity index (χ2v) is 5.26. The van der Waals surface area contributed by atoms with Crippen molar-refractivity contribution >= 4 is 11.7 Å². The molecule has 5 nitrogen and oxygen atoms in total. The molecule has 1 amide bonds. The summed E-state index contributed by atoms with van der Waals surface area (Å²) in [6.45, 7) is 6.05. The number of hydrogen-bond donors (Lipinski definition) is 2. The number of carbonyl (C=O) groups is 1. The molecular formula is C15H23N3O2. The van der Waals surface area contributed by atoms with Crippen molar-refractivity contribution in [2.24, 2.45) is 16.3 Å². The minimum atomic E-state index is -0.980. The number of oxime groups is 1. The zero-order valence-electron chi connectivity index (χ0n) is 12.6. The third-order valence-electron chi connectivity index (χ3n) is 3.87. The molecule has 0 bridgehead atoms. The average Bonchev–Trinajstić information content (AvgIpc) is 2.46. The van der Waals surface area contributed by atoms with Gasteiger partial charge in [0.05, 0.1) is 0 Å². The van der Waals surface area contributed by atoms with Gasteiger partial charge in [0.25, 0.3) is 0 Å². The molecule has 110 valence electrons. The van der Waals surface area contributed by atoms with Gasteiger partial charge in [-0.15, -0.1) is 0 Å². The van der Waals surface area contributed by atoms with Gasteiger partial charge in [0, 0.05) is 13.6 Å². The Bertz CT molecular complexity index is 514. The summed E-state index contributed by atoms with van der Waals surface area (Å²) in [6.07, 6.45) is 0.472. The SMILES string of the molecule is CCC(C)(C(=O)N(C)Cc1ccccc1C)/C(N)=N/O. The Balaban J connectivity index is 2.94. The van der Waals surface area contributed by atoms with Crippen LogP contribution in [0.2, 0.25) is 0 Å². The van der Waals surface area contributed by atoms with Crippen LogP contribution >= 0.6 is 0 Å². The first-order valence-corrected chi connectivity index (χ1v) is 6.65. The molecule has 1 aromatic rings. The van der Waals surface area contributed by atoms with Crippen LogP contribution in [0.15, 0.2) is 29.4 Å². The summed E-state index contributed by atoms with van der Waals surface area (Å²) >= 11 is 0. The van der Waals surface area contributed by atoms with Gasteiger partial charge in [-0.2, -0.15) is 0 Å². The molecule has 0 fully saturated rings. The molecule has 0 aliphatic rings. The van der Waals surface area contributed by atoms with Crippen molar-refractivity contribution in [3.8, 4) is 0 Å². The molecule has 1 rings (SSSR count). The van der Waals surface area contributed by atoms with E-state index in [-0.39, 0.29) is 11.7 Å². The molecule has 1 unspecified atom stereocenters. The molecule has 0 heterocycles. The summed E-state index contributed by atoms with van der Waals surface area (Å²) in [6, 6.07) is 7.92. The fraction of sp³-hybridized carbons (Fsp3) is 0.467. The summed E-state index contributed by atoms with van der Waals surface area (Å²) in [7, 11) is 1.73. The van der Waals surface area contributed by atoms with Crippen LogP contribution in [0.5, 0.6) is 0 Å². The molecule has 0 spiro atoms. The molecule has 0 radical (unpaired) electrons. The van der Waals surface area contributed by atoms with E-state index in [4.69, 9.17) is 10.9 Å². The van der Waals surface area contributed by atoms with Crippen LogP contribution in [0.1, 0.15) is 31.4 Å². The van der Waals surface area contributed by atoms with Gasteiger partial charge >= 0.3 is 0 Å². The van der Waals surface area contributed by atoms with Crippen LogP contribution in [0.25, 0.3) is 0 Å². The standard InChI is InChI=1S/C15H23N3O2/c1-5-15(3,13(16)17-20)14(19)18(4)10-12-9-7-6-8-11(12)2/h6-9,20H,5,10H2,1-4H3,(H2,16,17). The molecule has 0 saturated heterocycles. The van der Waals surface area contributed by atoms with Gasteiger partial charge in [-0.05, 0) is 31.4 Å². The van der Waals surface area contributed by atoms with Crippen molar-refractivity contribution in [1.29, 1.82) is 0 Å². The number of amidine groups is 1. The number of aryl methyl sites for hydroxylation is 1. The van der Waals surface area contributed by atoms with Gasteiger partial charge in [-0.1, -0.05) is 36.3 Å². The zero-order chi connectivity index (χ0) is 15.3. The highest BCUT2D eigenvalue weighted by atomic mass is 16.4. The van der Waals surface area contributed by atoms with Crippen LogP contribution in [-0.4, -0.2) is 28.9 Å². The highest BCUT2D eigenvalue weighted by Crippen LogP contribution is 2.25. The zero-order valence-corrected chi connectivity index (χ0v) is 12.6. The molecule has 1 atom stereocenters. The molecule has 5 heteroatoms. The smallest absolute Gasteiger partial charge is 0.236 e. The molecule has 1 aromatic carbocycles. The van der Waals surface area contributed by atoms with E-state index < -0.39 is 5.41 Å². The van der Waals surface area contributed by atoms with Crippen molar-refractivity contribution < 1.29 is 10.0 Å². The Labute approximate surface area is 120 Å². The molecule has 0 saturated carbocycles. The van der Waals surface area contributed by atoms with E-state index in [0.717, 1.165) is 11.1 Å². The largest absolute Gasteiger partial charge is 0.409 e. The molecule has 0 aliphatic carbocycles. The number of rotatable bonds is 5. The van der Waals surface area contributed by atoms with E-state index in [0.29, 0.717) is 13.0 Å². The number of nitrogens with two attached hydrogens (primary N) is 1. The fourth-order valence-corrected chi connectivity index (χ4v) is 2.09. The number of nitrogens with zero attached hydrogens (tertiary/aromatic N) is 2. The first-order chi connectivity index (χ1) is 9.36. The third kappa shape index (κ3) is 3.10. The van der Waals surface area contributed by atoms with Crippen LogP contribution in [0.4, 0.5) is 0 Å².